The summed E-state index contributed by atoms with van der Waals surface area (Å²) in [6.07, 6.45) is 5.51. The van der Waals surface area contributed by atoms with Crippen LogP contribution >= 0.6 is 0 Å². The van der Waals surface area contributed by atoms with Crippen LogP contribution in [0.4, 0.5) is 0 Å². The minimum absolute atomic E-state index is 0.0845. The first-order chi connectivity index (χ1) is 12.1. The van der Waals surface area contributed by atoms with Crippen LogP contribution in [-0.2, 0) is 4.79 Å². The van der Waals surface area contributed by atoms with Crippen LogP contribution in [0.25, 0.3) is 11.8 Å². The molecule has 0 unspecified atom stereocenters. The van der Waals surface area contributed by atoms with Crippen LogP contribution in [0.3, 0.4) is 0 Å². The van der Waals surface area contributed by atoms with Crippen molar-refractivity contribution in [2.75, 3.05) is 13.1 Å². The Bertz CT molecular complexity index is 825. The van der Waals surface area contributed by atoms with Crippen molar-refractivity contribution in [3.05, 3.63) is 70.1 Å². The Balaban J connectivity index is 2.02. The third-order valence-electron chi connectivity index (χ3n) is 4.60. The zero-order valence-electron chi connectivity index (χ0n) is 14.8. The standard InChI is InChI=1S/C21H24N2O2/c1-16(2)18-10-8-17(9-11-18)15-19(21(25)22-12-5-6-13-22)23-14-4-3-7-20(23)24/h3-4,7-11,14-16H,5-6,12-13H2,1-2H3/b19-15+. The van der Waals surface area contributed by atoms with Gasteiger partial charge in [-0.2, -0.15) is 0 Å². The number of pyridine rings is 1. The first-order valence-electron chi connectivity index (χ1n) is 8.85. The molecule has 1 saturated heterocycles. The van der Waals surface area contributed by atoms with Crippen LogP contribution in [0, 0.1) is 0 Å². The zero-order valence-corrected chi connectivity index (χ0v) is 14.8. The molecule has 2 aromatic rings. The van der Waals surface area contributed by atoms with Gasteiger partial charge in [-0.1, -0.05) is 44.2 Å². The van der Waals surface area contributed by atoms with E-state index in [0.29, 0.717) is 11.6 Å². The summed E-state index contributed by atoms with van der Waals surface area (Å²) >= 11 is 0. The summed E-state index contributed by atoms with van der Waals surface area (Å²) < 4.78 is 1.44. The SMILES string of the molecule is CC(C)c1ccc(/C=C(\C(=O)N2CCCC2)n2ccccc2=O)cc1. The highest BCUT2D eigenvalue weighted by Gasteiger charge is 2.23. The van der Waals surface area contributed by atoms with E-state index in [-0.39, 0.29) is 11.5 Å². The molecule has 4 heteroatoms. The summed E-state index contributed by atoms with van der Waals surface area (Å²) in [5, 5.41) is 0. The molecule has 0 atom stereocenters. The van der Waals surface area contributed by atoms with Gasteiger partial charge >= 0.3 is 0 Å². The summed E-state index contributed by atoms with van der Waals surface area (Å²) in [6, 6.07) is 13.1. The monoisotopic (exact) mass is 336 g/mol. The molecule has 2 heterocycles. The highest BCUT2D eigenvalue weighted by molar-refractivity contribution is 6.18. The maximum absolute atomic E-state index is 13.0. The summed E-state index contributed by atoms with van der Waals surface area (Å²) in [4.78, 5) is 27.1. The summed E-state index contributed by atoms with van der Waals surface area (Å²) in [5.41, 5.74) is 2.38. The topological polar surface area (TPSA) is 42.3 Å². The van der Waals surface area contributed by atoms with E-state index < -0.39 is 0 Å². The Morgan fingerprint density at radius 2 is 1.72 bits per heavy atom. The number of rotatable bonds is 4. The van der Waals surface area contributed by atoms with Gasteiger partial charge in [-0.15, -0.1) is 0 Å². The number of aromatic nitrogens is 1. The van der Waals surface area contributed by atoms with Crippen LogP contribution in [0.2, 0.25) is 0 Å². The number of hydrogen-bond donors (Lipinski definition) is 0. The van der Waals surface area contributed by atoms with Crippen LogP contribution in [0.15, 0.2) is 53.5 Å². The molecule has 0 aliphatic carbocycles. The van der Waals surface area contributed by atoms with Gasteiger partial charge in [0.05, 0.1) is 0 Å². The predicted octanol–water partition coefficient (Wildman–Crippen LogP) is 3.59. The fourth-order valence-corrected chi connectivity index (χ4v) is 3.08. The number of carbonyl (C=O) groups is 1. The average molecular weight is 336 g/mol. The van der Waals surface area contributed by atoms with Gasteiger partial charge < -0.3 is 4.90 Å². The minimum Gasteiger partial charge on any atom is -0.337 e. The Morgan fingerprint density at radius 1 is 1.04 bits per heavy atom. The Morgan fingerprint density at radius 3 is 2.32 bits per heavy atom. The summed E-state index contributed by atoms with van der Waals surface area (Å²) in [6.45, 7) is 5.81. The van der Waals surface area contributed by atoms with Crippen molar-refractivity contribution in [3.8, 4) is 0 Å². The van der Waals surface area contributed by atoms with E-state index in [0.717, 1.165) is 31.5 Å². The Labute approximate surface area is 148 Å². The van der Waals surface area contributed by atoms with Gasteiger partial charge in [0, 0.05) is 25.4 Å². The summed E-state index contributed by atoms with van der Waals surface area (Å²) in [5.74, 6) is 0.374. The molecule has 4 nitrogen and oxygen atoms in total. The van der Waals surface area contributed by atoms with E-state index in [2.05, 4.69) is 26.0 Å². The second-order valence-electron chi connectivity index (χ2n) is 6.76. The third-order valence-corrected chi connectivity index (χ3v) is 4.60. The number of hydrogen-bond acceptors (Lipinski definition) is 2. The van der Waals surface area contributed by atoms with Crippen LogP contribution in [-0.4, -0.2) is 28.5 Å². The largest absolute Gasteiger partial charge is 0.337 e. The van der Waals surface area contributed by atoms with E-state index >= 15 is 0 Å². The van der Waals surface area contributed by atoms with Gasteiger partial charge in [0.15, 0.2) is 0 Å². The number of likely N-dealkylation sites (tertiary alicyclic amines) is 1. The fourth-order valence-electron chi connectivity index (χ4n) is 3.08. The molecule has 25 heavy (non-hydrogen) atoms. The van der Waals surface area contributed by atoms with Crippen LogP contribution in [0.5, 0.6) is 0 Å². The smallest absolute Gasteiger partial charge is 0.270 e. The molecule has 0 N–H and O–H groups in total. The molecule has 1 aliphatic rings. The highest BCUT2D eigenvalue weighted by Crippen LogP contribution is 2.19. The predicted molar refractivity (Wildman–Crippen MR) is 101 cm³/mol. The molecule has 1 aromatic heterocycles. The van der Waals surface area contributed by atoms with Crippen LogP contribution in [0.1, 0.15) is 43.7 Å². The number of benzene rings is 1. The van der Waals surface area contributed by atoms with Crippen molar-refractivity contribution in [2.24, 2.45) is 0 Å². The van der Waals surface area contributed by atoms with Gasteiger partial charge in [-0.25, -0.2) is 0 Å². The lowest BCUT2D eigenvalue weighted by Crippen LogP contribution is -2.33. The normalized spacial score (nSPS) is 15.0. The molecule has 0 radical (unpaired) electrons. The fraction of sp³-hybridized carbons (Fsp3) is 0.333. The zero-order chi connectivity index (χ0) is 17.8. The Kier molecular flexibility index (Phi) is 5.17. The highest BCUT2D eigenvalue weighted by atomic mass is 16.2. The van der Waals surface area contributed by atoms with Gasteiger partial charge in [0.2, 0.25) is 0 Å². The maximum atomic E-state index is 13.0. The quantitative estimate of drug-likeness (QED) is 0.801. The number of nitrogens with zero attached hydrogens (tertiary/aromatic N) is 2. The molecule has 1 aliphatic heterocycles. The van der Waals surface area contributed by atoms with E-state index in [1.54, 1.807) is 18.3 Å². The lowest BCUT2D eigenvalue weighted by molar-refractivity contribution is -0.124. The van der Waals surface area contributed by atoms with Gasteiger partial charge in [0.1, 0.15) is 5.70 Å². The second-order valence-corrected chi connectivity index (χ2v) is 6.76. The molecule has 0 spiro atoms. The lowest BCUT2D eigenvalue weighted by atomic mass is 10.0. The third kappa shape index (κ3) is 3.90. The van der Waals surface area contributed by atoms with Gasteiger partial charge in [-0.3, -0.25) is 14.2 Å². The first kappa shape index (κ1) is 17.2. The van der Waals surface area contributed by atoms with Crippen molar-refractivity contribution < 1.29 is 4.79 Å². The van der Waals surface area contributed by atoms with Gasteiger partial charge in [-0.05, 0) is 42.0 Å². The molecule has 1 aromatic carbocycles. The molecule has 1 amide bonds. The minimum atomic E-state index is -0.194. The maximum Gasteiger partial charge on any atom is 0.270 e. The molecule has 3 rings (SSSR count). The van der Waals surface area contributed by atoms with Crippen molar-refractivity contribution >= 4 is 17.7 Å². The van der Waals surface area contributed by atoms with E-state index in [1.165, 1.54) is 16.2 Å². The second kappa shape index (κ2) is 7.51. The molecule has 0 saturated carbocycles. The van der Waals surface area contributed by atoms with Crippen molar-refractivity contribution in [3.63, 3.8) is 0 Å². The summed E-state index contributed by atoms with van der Waals surface area (Å²) in [7, 11) is 0. The van der Waals surface area contributed by atoms with E-state index in [1.807, 2.05) is 23.1 Å². The van der Waals surface area contributed by atoms with E-state index in [4.69, 9.17) is 0 Å². The molecule has 130 valence electrons. The molecule has 1 fully saturated rings. The Hall–Kier alpha value is -2.62. The first-order valence-corrected chi connectivity index (χ1v) is 8.85. The van der Waals surface area contributed by atoms with E-state index in [9.17, 15) is 9.59 Å². The van der Waals surface area contributed by atoms with Crippen molar-refractivity contribution in [1.82, 2.24) is 9.47 Å². The van der Waals surface area contributed by atoms with Crippen LogP contribution < -0.4 is 5.56 Å². The van der Waals surface area contributed by atoms with Crippen molar-refractivity contribution in [2.45, 2.75) is 32.6 Å². The molecular weight excluding hydrogens is 312 g/mol. The van der Waals surface area contributed by atoms with Crippen molar-refractivity contribution in [1.29, 1.82) is 0 Å². The number of carbonyl (C=O) groups excluding carboxylic acids is 1. The number of amides is 1. The average Bonchev–Trinajstić information content (AvgIpc) is 3.15. The lowest BCUT2D eigenvalue weighted by Gasteiger charge is -2.19. The van der Waals surface area contributed by atoms with Gasteiger partial charge in [0.25, 0.3) is 11.5 Å². The molecule has 0 bridgehead atoms. The molecular formula is C21H24N2O2.